The van der Waals surface area contributed by atoms with Crippen LogP contribution < -0.4 is 5.32 Å². The molecule has 0 bridgehead atoms. The maximum atomic E-state index is 13.4. The highest BCUT2D eigenvalue weighted by molar-refractivity contribution is 6.31. The van der Waals surface area contributed by atoms with Gasteiger partial charge in [0.05, 0.1) is 17.3 Å². The molecule has 7 nitrogen and oxygen atoms in total. The van der Waals surface area contributed by atoms with Crippen LogP contribution in [0, 0.1) is 5.92 Å². The first kappa shape index (κ1) is 21.2. The molecule has 1 aromatic heterocycles. The van der Waals surface area contributed by atoms with Gasteiger partial charge in [-0.25, -0.2) is 9.67 Å². The molecule has 0 radical (unpaired) electrons. The predicted octanol–water partition coefficient (Wildman–Crippen LogP) is 4.56. The topological polar surface area (TPSA) is 80.1 Å². The van der Waals surface area contributed by atoms with E-state index in [2.05, 4.69) is 15.4 Å². The Balaban J connectivity index is 1.35. The number of carbonyl (C=O) groups excluding carboxylic acids is 2. The van der Waals surface area contributed by atoms with Gasteiger partial charge in [0.1, 0.15) is 12.7 Å². The Hall–Kier alpha value is -3.71. The second-order valence-corrected chi connectivity index (χ2v) is 8.54. The van der Waals surface area contributed by atoms with E-state index in [0.717, 1.165) is 17.2 Å². The fraction of sp³-hybridized carbons (Fsp3) is 0.200. The minimum atomic E-state index is -0.319. The van der Waals surface area contributed by atoms with E-state index in [0.29, 0.717) is 41.5 Å². The molecule has 8 heteroatoms. The zero-order valence-corrected chi connectivity index (χ0v) is 18.6. The second kappa shape index (κ2) is 9.03. The van der Waals surface area contributed by atoms with Crippen LogP contribution in [0.3, 0.4) is 0 Å². The molecule has 166 valence electrons. The molecule has 1 fully saturated rings. The van der Waals surface area contributed by atoms with E-state index in [9.17, 15) is 9.59 Å². The summed E-state index contributed by atoms with van der Waals surface area (Å²) in [6, 6.07) is 18.8. The van der Waals surface area contributed by atoms with Crippen LogP contribution in [-0.2, 0) is 4.79 Å². The summed E-state index contributed by atoms with van der Waals surface area (Å²) in [6.45, 7) is 1.00. The van der Waals surface area contributed by atoms with Crippen molar-refractivity contribution in [3.05, 3.63) is 83.9 Å². The molecule has 0 saturated carbocycles. The van der Waals surface area contributed by atoms with Gasteiger partial charge in [0.25, 0.3) is 5.91 Å². The van der Waals surface area contributed by atoms with Gasteiger partial charge in [-0.15, -0.1) is 0 Å². The number of amides is 2. The van der Waals surface area contributed by atoms with Crippen molar-refractivity contribution in [3.8, 4) is 5.69 Å². The van der Waals surface area contributed by atoms with Crippen molar-refractivity contribution >= 4 is 39.9 Å². The Morgan fingerprint density at radius 1 is 1.06 bits per heavy atom. The summed E-state index contributed by atoms with van der Waals surface area (Å²) in [5.41, 5.74) is 1.89. The summed E-state index contributed by atoms with van der Waals surface area (Å²) in [4.78, 5) is 32.3. The van der Waals surface area contributed by atoms with Crippen molar-refractivity contribution in [1.82, 2.24) is 19.7 Å². The summed E-state index contributed by atoms with van der Waals surface area (Å²) < 4.78 is 1.57. The molecule has 1 aliphatic heterocycles. The molecular weight excluding hydrogens is 438 g/mol. The number of anilines is 1. The van der Waals surface area contributed by atoms with Crippen molar-refractivity contribution in [2.75, 3.05) is 18.4 Å². The average molecular weight is 460 g/mol. The molecule has 3 aromatic carbocycles. The van der Waals surface area contributed by atoms with Crippen LogP contribution >= 0.6 is 11.6 Å². The number of nitrogens with one attached hydrogen (secondary N) is 1. The lowest BCUT2D eigenvalue weighted by Gasteiger charge is -2.32. The van der Waals surface area contributed by atoms with Crippen molar-refractivity contribution in [2.24, 2.45) is 5.92 Å². The number of carbonyl (C=O) groups is 2. The molecule has 33 heavy (non-hydrogen) atoms. The fourth-order valence-corrected chi connectivity index (χ4v) is 4.51. The third kappa shape index (κ3) is 4.32. The Labute approximate surface area is 196 Å². The van der Waals surface area contributed by atoms with Crippen molar-refractivity contribution in [2.45, 2.75) is 12.8 Å². The third-order valence-corrected chi connectivity index (χ3v) is 6.22. The van der Waals surface area contributed by atoms with Gasteiger partial charge in [0.15, 0.2) is 0 Å². The number of aromatic nitrogens is 3. The SMILES string of the molecule is O=C(Nc1cc(Cl)ccc1-n1cncn1)C1CCCN(C(=O)c2cccc3ccccc23)C1. The largest absolute Gasteiger partial charge is 0.338 e. The number of nitrogens with zero attached hydrogens (tertiary/aromatic N) is 4. The molecular formula is C25H22ClN5O2. The summed E-state index contributed by atoms with van der Waals surface area (Å²) in [6.07, 6.45) is 4.46. The number of hydrogen-bond acceptors (Lipinski definition) is 4. The van der Waals surface area contributed by atoms with Gasteiger partial charge in [-0.05, 0) is 47.9 Å². The van der Waals surface area contributed by atoms with Crippen LogP contribution in [0.2, 0.25) is 5.02 Å². The highest BCUT2D eigenvalue weighted by Crippen LogP contribution is 2.27. The van der Waals surface area contributed by atoms with Crippen LogP contribution in [0.5, 0.6) is 0 Å². The first-order chi connectivity index (χ1) is 16.1. The summed E-state index contributed by atoms with van der Waals surface area (Å²) in [7, 11) is 0. The molecule has 1 N–H and O–H groups in total. The summed E-state index contributed by atoms with van der Waals surface area (Å²) >= 11 is 6.18. The Morgan fingerprint density at radius 3 is 2.76 bits per heavy atom. The minimum absolute atomic E-state index is 0.0460. The van der Waals surface area contributed by atoms with E-state index < -0.39 is 0 Å². The number of rotatable bonds is 4. The van der Waals surface area contributed by atoms with E-state index in [4.69, 9.17) is 11.6 Å². The number of hydrogen-bond donors (Lipinski definition) is 1. The monoisotopic (exact) mass is 459 g/mol. The highest BCUT2D eigenvalue weighted by Gasteiger charge is 2.30. The van der Waals surface area contributed by atoms with Crippen LogP contribution in [0.15, 0.2) is 73.3 Å². The lowest BCUT2D eigenvalue weighted by molar-refractivity contribution is -0.121. The summed E-state index contributed by atoms with van der Waals surface area (Å²) in [5.74, 6) is -0.510. The van der Waals surface area contributed by atoms with Crippen molar-refractivity contribution in [3.63, 3.8) is 0 Å². The standard InChI is InChI=1S/C25H22ClN5O2/c26-19-10-11-23(31-16-27-15-28-31)22(13-19)29-24(32)18-7-4-12-30(14-18)25(33)21-9-3-6-17-5-1-2-8-20(17)21/h1-3,5-6,8-11,13,15-16,18H,4,7,12,14H2,(H,29,32). The zero-order chi connectivity index (χ0) is 22.8. The van der Waals surface area contributed by atoms with Gasteiger partial charge in [-0.3, -0.25) is 9.59 Å². The third-order valence-electron chi connectivity index (χ3n) is 5.98. The number of halogens is 1. The number of likely N-dealkylation sites (tertiary alicyclic amines) is 1. The average Bonchev–Trinajstić information content (AvgIpc) is 3.38. The molecule has 1 unspecified atom stereocenters. The molecule has 1 aliphatic rings. The minimum Gasteiger partial charge on any atom is -0.338 e. The lowest BCUT2D eigenvalue weighted by atomic mass is 9.95. The molecule has 5 rings (SSSR count). The second-order valence-electron chi connectivity index (χ2n) is 8.11. The van der Waals surface area contributed by atoms with Crippen LogP contribution in [-0.4, -0.2) is 44.6 Å². The number of piperidine rings is 1. The predicted molar refractivity (Wildman–Crippen MR) is 128 cm³/mol. The molecule has 0 aliphatic carbocycles. The molecule has 1 saturated heterocycles. The lowest BCUT2D eigenvalue weighted by Crippen LogP contribution is -2.43. The van der Waals surface area contributed by atoms with E-state index in [1.807, 2.05) is 42.5 Å². The maximum Gasteiger partial charge on any atom is 0.254 e. The number of benzene rings is 3. The van der Waals surface area contributed by atoms with E-state index >= 15 is 0 Å². The Kier molecular flexibility index (Phi) is 5.79. The molecule has 4 aromatic rings. The number of fused-ring (bicyclic) bond motifs is 1. The smallest absolute Gasteiger partial charge is 0.254 e. The molecule has 2 amide bonds. The Morgan fingerprint density at radius 2 is 1.91 bits per heavy atom. The quantitative estimate of drug-likeness (QED) is 0.485. The van der Waals surface area contributed by atoms with Gasteiger partial charge in [0.2, 0.25) is 5.91 Å². The molecule has 2 heterocycles. The van der Waals surface area contributed by atoms with Gasteiger partial charge in [-0.2, -0.15) is 5.10 Å². The highest BCUT2D eigenvalue weighted by atomic mass is 35.5. The zero-order valence-electron chi connectivity index (χ0n) is 17.8. The first-order valence-corrected chi connectivity index (χ1v) is 11.2. The van der Waals surface area contributed by atoms with Gasteiger partial charge in [-0.1, -0.05) is 48.0 Å². The van der Waals surface area contributed by atoms with E-state index in [1.165, 1.54) is 6.33 Å². The van der Waals surface area contributed by atoms with E-state index in [1.54, 1.807) is 34.1 Å². The normalized spacial score (nSPS) is 16.0. The van der Waals surface area contributed by atoms with Crippen molar-refractivity contribution in [1.29, 1.82) is 0 Å². The fourth-order valence-electron chi connectivity index (χ4n) is 4.33. The Bertz CT molecular complexity index is 1320. The molecule has 0 spiro atoms. The molecule has 1 atom stereocenters. The van der Waals surface area contributed by atoms with E-state index in [-0.39, 0.29) is 17.7 Å². The van der Waals surface area contributed by atoms with Gasteiger partial charge in [0, 0.05) is 23.7 Å². The summed E-state index contributed by atoms with van der Waals surface area (Å²) in [5, 5.41) is 9.59. The first-order valence-electron chi connectivity index (χ1n) is 10.8. The van der Waals surface area contributed by atoms with Gasteiger partial charge >= 0.3 is 0 Å². The van der Waals surface area contributed by atoms with Crippen LogP contribution in [0.25, 0.3) is 16.5 Å². The van der Waals surface area contributed by atoms with Gasteiger partial charge < -0.3 is 10.2 Å². The van der Waals surface area contributed by atoms with Crippen LogP contribution in [0.4, 0.5) is 5.69 Å². The van der Waals surface area contributed by atoms with Crippen molar-refractivity contribution < 1.29 is 9.59 Å². The van der Waals surface area contributed by atoms with Crippen LogP contribution in [0.1, 0.15) is 23.2 Å². The maximum absolute atomic E-state index is 13.4.